The van der Waals surface area contributed by atoms with E-state index in [1.165, 1.54) is 6.42 Å². The number of nitrogens with one attached hydrogen (secondary N) is 2. The first kappa shape index (κ1) is 16.9. The Labute approximate surface area is 108 Å². The average molecular weight is 244 g/mol. The molecule has 3 heteroatoms. The topological polar surface area (TPSA) is 33.3 Å². The van der Waals surface area contributed by atoms with Crippen molar-refractivity contribution in [3.8, 4) is 0 Å². The third-order valence-electron chi connectivity index (χ3n) is 3.13. The zero-order valence-corrected chi connectivity index (χ0v) is 12.7. The Balaban J connectivity index is 3.77. The van der Waals surface area contributed by atoms with E-state index in [1.54, 1.807) is 0 Å². The monoisotopic (exact) mass is 244 g/mol. The Morgan fingerprint density at radius 1 is 0.941 bits per heavy atom. The molecule has 0 aliphatic carbocycles. The minimum absolute atomic E-state index is 0.00652. The molecule has 3 nitrogen and oxygen atoms in total. The van der Waals surface area contributed by atoms with Gasteiger partial charge in [-0.25, -0.2) is 0 Å². The summed E-state index contributed by atoms with van der Waals surface area (Å²) in [5.74, 6) is 0. The smallest absolute Gasteiger partial charge is 0.0627 e. The molecule has 0 atom stereocenters. The third-order valence-corrected chi connectivity index (χ3v) is 3.13. The normalized spacial score (nSPS) is 13.1. The highest BCUT2D eigenvalue weighted by Crippen LogP contribution is 2.22. The van der Waals surface area contributed by atoms with E-state index >= 15 is 0 Å². The number of ether oxygens (including phenoxy) is 1. The fourth-order valence-electron chi connectivity index (χ4n) is 1.93. The van der Waals surface area contributed by atoms with Gasteiger partial charge in [-0.15, -0.1) is 0 Å². The molecule has 0 amide bonds. The van der Waals surface area contributed by atoms with Crippen molar-refractivity contribution in [1.82, 2.24) is 10.6 Å². The number of hydrogen-bond donors (Lipinski definition) is 2. The summed E-state index contributed by atoms with van der Waals surface area (Å²) in [5.41, 5.74) is 0.322. The minimum Gasteiger partial charge on any atom is -0.376 e. The highest BCUT2D eigenvalue weighted by molar-refractivity contribution is 4.73. The van der Waals surface area contributed by atoms with Gasteiger partial charge in [-0.05, 0) is 59.2 Å². The second-order valence-electron chi connectivity index (χ2n) is 6.26. The van der Waals surface area contributed by atoms with Crippen LogP contribution in [0.25, 0.3) is 0 Å². The molecule has 0 aromatic heterocycles. The van der Waals surface area contributed by atoms with Crippen LogP contribution in [0.4, 0.5) is 0 Å². The van der Waals surface area contributed by atoms with Crippen LogP contribution >= 0.6 is 0 Å². The summed E-state index contributed by atoms with van der Waals surface area (Å²) in [4.78, 5) is 0. The molecule has 104 valence electrons. The standard InChI is InChI=1S/C14H32N2O/c1-13(2,12-16-6)9-11-17-14(3,4)8-7-10-15-5/h15-16H,7-12H2,1-6H3. The molecule has 0 aliphatic heterocycles. The summed E-state index contributed by atoms with van der Waals surface area (Å²) in [6.45, 7) is 11.9. The van der Waals surface area contributed by atoms with Gasteiger partial charge in [0.2, 0.25) is 0 Å². The van der Waals surface area contributed by atoms with Gasteiger partial charge < -0.3 is 15.4 Å². The third kappa shape index (κ3) is 9.57. The van der Waals surface area contributed by atoms with Gasteiger partial charge in [0.25, 0.3) is 0 Å². The summed E-state index contributed by atoms with van der Waals surface area (Å²) in [6, 6.07) is 0. The van der Waals surface area contributed by atoms with Crippen molar-refractivity contribution in [2.45, 2.75) is 52.6 Å². The summed E-state index contributed by atoms with van der Waals surface area (Å²) in [5, 5.41) is 6.41. The van der Waals surface area contributed by atoms with Crippen molar-refractivity contribution >= 4 is 0 Å². The minimum atomic E-state index is 0.00652. The van der Waals surface area contributed by atoms with Crippen LogP contribution in [0.15, 0.2) is 0 Å². The Bertz CT molecular complexity index is 191. The average Bonchev–Trinajstić information content (AvgIpc) is 2.16. The fourth-order valence-corrected chi connectivity index (χ4v) is 1.93. The predicted molar refractivity (Wildman–Crippen MR) is 75.5 cm³/mol. The molecule has 0 aromatic carbocycles. The first-order valence-electron chi connectivity index (χ1n) is 6.76. The molecule has 0 unspecified atom stereocenters. The maximum absolute atomic E-state index is 6.00. The molecule has 0 heterocycles. The molecule has 0 aliphatic rings. The van der Waals surface area contributed by atoms with Gasteiger partial charge in [0.05, 0.1) is 5.60 Å². The molecule has 0 aromatic rings. The molecule has 2 N–H and O–H groups in total. The van der Waals surface area contributed by atoms with Crippen molar-refractivity contribution in [3.63, 3.8) is 0 Å². The zero-order valence-electron chi connectivity index (χ0n) is 12.7. The van der Waals surface area contributed by atoms with Gasteiger partial charge in [-0.2, -0.15) is 0 Å². The SMILES string of the molecule is CNCCCC(C)(C)OCCC(C)(C)CNC. The molecule has 0 saturated carbocycles. The van der Waals surface area contributed by atoms with Gasteiger partial charge in [0.1, 0.15) is 0 Å². The quantitative estimate of drug-likeness (QED) is 0.579. The maximum atomic E-state index is 6.00. The number of rotatable bonds is 10. The van der Waals surface area contributed by atoms with Crippen LogP contribution < -0.4 is 10.6 Å². The van der Waals surface area contributed by atoms with E-state index in [0.717, 1.165) is 32.5 Å². The van der Waals surface area contributed by atoms with Crippen LogP contribution in [-0.4, -0.2) is 39.4 Å². The van der Waals surface area contributed by atoms with E-state index in [9.17, 15) is 0 Å². The molecule has 0 saturated heterocycles. The summed E-state index contributed by atoms with van der Waals surface area (Å²) in [7, 11) is 4.00. The lowest BCUT2D eigenvalue weighted by atomic mass is 9.89. The van der Waals surface area contributed by atoms with E-state index in [0.29, 0.717) is 5.41 Å². The lowest BCUT2D eigenvalue weighted by Gasteiger charge is -2.29. The van der Waals surface area contributed by atoms with Gasteiger partial charge in [0, 0.05) is 13.2 Å². The van der Waals surface area contributed by atoms with Crippen LogP contribution in [0.5, 0.6) is 0 Å². The second kappa shape index (κ2) is 8.06. The molecular formula is C14H32N2O. The lowest BCUT2D eigenvalue weighted by molar-refractivity contribution is -0.0349. The summed E-state index contributed by atoms with van der Waals surface area (Å²) >= 11 is 0. The molecule has 0 fully saturated rings. The van der Waals surface area contributed by atoms with Crippen LogP contribution in [-0.2, 0) is 4.74 Å². The largest absolute Gasteiger partial charge is 0.376 e. The molecule has 0 spiro atoms. The van der Waals surface area contributed by atoms with Crippen molar-refractivity contribution in [1.29, 1.82) is 0 Å². The Kier molecular flexibility index (Phi) is 8.01. The predicted octanol–water partition coefficient (Wildman–Crippen LogP) is 2.42. The van der Waals surface area contributed by atoms with Crippen LogP contribution in [0.1, 0.15) is 47.0 Å². The molecule has 0 radical (unpaired) electrons. The second-order valence-corrected chi connectivity index (χ2v) is 6.26. The zero-order chi connectivity index (χ0) is 13.4. The number of hydrogen-bond acceptors (Lipinski definition) is 3. The van der Waals surface area contributed by atoms with E-state index in [2.05, 4.69) is 38.3 Å². The van der Waals surface area contributed by atoms with Crippen LogP contribution in [0, 0.1) is 5.41 Å². The summed E-state index contributed by atoms with van der Waals surface area (Å²) < 4.78 is 6.00. The van der Waals surface area contributed by atoms with Crippen molar-refractivity contribution in [2.75, 3.05) is 33.8 Å². The Morgan fingerprint density at radius 3 is 2.12 bits per heavy atom. The van der Waals surface area contributed by atoms with Gasteiger partial charge in [-0.3, -0.25) is 0 Å². The lowest BCUT2D eigenvalue weighted by Crippen LogP contribution is -2.31. The van der Waals surface area contributed by atoms with Gasteiger partial charge in [0.15, 0.2) is 0 Å². The van der Waals surface area contributed by atoms with Crippen LogP contribution in [0.3, 0.4) is 0 Å². The van der Waals surface area contributed by atoms with Crippen molar-refractivity contribution < 1.29 is 4.74 Å². The van der Waals surface area contributed by atoms with E-state index in [1.807, 2.05) is 14.1 Å². The first-order valence-corrected chi connectivity index (χ1v) is 6.76. The Hall–Kier alpha value is -0.120. The van der Waals surface area contributed by atoms with Crippen molar-refractivity contribution in [2.24, 2.45) is 5.41 Å². The maximum Gasteiger partial charge on any atom is 0.0627 e. The van der Waals surface area contributed by atoms with Gasteiger partial charge >= 0.3 is 0 Å². The van der Waals surface area contributed by atoms with E-state index in [4.69, 9.17) is 4.74 Å². The van der Waals surface area contributed by atoms with E-state index in [-0.39, 0.29) is 5.60 Å². The molecule has 0 bridgehead atoms. The highest BCUT2D eigenvalue weighted by Gasteiger charge is 2.21. The summed E-state index contributed by atoms with van der Waals surface area (Å²) in [6.07, 6.45) is 3.38. The van der Waals surface area contributed by atoms with Crippen molar-refractivity contribution in [3.05, 3.63) is 0 Å². The molecule has 17 heavy (non-hydrogen) atoms. The molecule has 0 rings (SSSR count). The highest BCUT2D eigenvalue weighted by atomic mass is 16.5. The van der Waals surface area contributed by atoms with Gasteiger partial charge in [-0.1, -0.05) is 13.8 Å². The Morgan fingerprint density at radius 2 is 1.59 bits per heavy atom. The molecular weight excluding hydrogens is 212 g/mol. The van der Waals surface area contributed by atoms with Crippen LogP contribution in [0.2, 0.25) is 0 Å². The first-order chi connectivity index (χ1) is 7.83. The van der Waals surface area contributed by atoms with E-state index < -0.39 is 0 Å². The fraction of sp³-hybridized carbons (Fsp3) is 1.00.